The maximum Gasteiger partial charge on any atom is 0.490 e. The molecule has 3 rings (SSSR count). The van der Waals surface area contributed by atoms with E-state index in [4.69, 9.17) is 9.90 Å². The Balaban J connectivity index is 0.000000321. The number of aromatic nitrogens is 2. The zero-order valence-electron chi connectivity index (χ0n) is 15.7. The number of hydrogen-bond acceptors (Lipinski definition) is 5. The van der Waals surface area contributed by atoms with Gasteiger partial charge in [0.05, 0.1) is 6.20 Å². The predicted molar refractivity (Wildman–Crippen MR) is 95.5 cm³/mol. The van der Waals surface area contributed by atoms with Crippen molar-refractivity contribution in [3.63, 3.8) is 0 Å². The molecule has 0 atom stereocenters. The Morgan fingerprint density at radius 1 is 1.19 bits per heavy atom. The van der Waals surface area contributed by atoms with Crippen LogP contribution in [0.2, 0.25) is 0 Å². The summed E-state index contributed by atoms with van der Waals surface area (Å²) in [5, 5.41) is 7.12. The quantitative estimate of drug-likeness (QED) is 0.839. The van der Waals surface area contributed by atoms with Gasteiger partial charge in [-0.1, -0.05) is 0 Å². The number of anilines is 1. The number of halogens is 3. The zero-order chi connectivity index (χ0) is 20.1. The molecule has 3 heterocycles. The molecule has 0 saturated carbocycles. The fraction of sp³-hybridized carbons (Fsp3) is 0.722. The van der Waals surface area contributed by atoms with Gasteiger partial charge < -0.3 is 14.9 Å². The summed E-state index contributed by atoms with van der Waals surface area (Å²) in [6, 6.07) is 0.687. The van der Waals surface area contributed by atoms with Crippen LogP contribution in [0.25, 0.3) is 0 Å². The van der Waals surface area contributed by atoms with E-state index in [1.807, 2.05) is 6.20 Å². The van der Waals surface area contributed by atoms with E-state index in [0.717, 1.165) is 18.9 Å². The summed E-state index contributed by atoms with van der Waals surface area (Å²) in [7, 11) is 0. The first-order valence-corrected chi connectivity index (χ1v) is 9.18. The molecular weight excluding hydrogens is 361 g/mol. The van der Waals surface area contributed by atoms with Crippen molar-refractivity contribution in [1.29, 1.82) is 0 Å². The molecule has 9 heteroatoms. The molecule has 152 valence electrons. The maximum atomic E-state index is 10.6. The van der Waals surface area contributed by atoms with Gasteiger partial charge in [-0.2, -0.15) is 13.2 Å². The summed E-state index contributed by atoms with van der Waals surface area (Å²) < 4.78 is 31.7. The standard InChI is InChI=1S/C16H26N4.C2HF3O2/c1-14(2)19-10-5-16(6-11-19)4-3-9-20(13-16)15-12-17-7-8-18-15;3-2(4,5)1(6)7/h7-8,12,14H,3-6,9-11,13H2,1-2H3;(H,6,7). The molecule has 1 N–H and O–H groups in total. The zero-order valence-corrected chi connectivity index (χ0v) is 15.7. The van der Waals surface area contributed by atoms with Crippen molar-refractivity contribution in [2.75, 3.05) is 31.1 Å². The molecule has 27 heavy (non-hydrogen) atoms. The second-order valence-corrected chi connectivity index (χ2v) is 7.52. The number of likely N-dealkylation sites (tertiary alicyclic amines) is 1. The van der Waals surface area contributed by atoms with Gasteiger partial charge in [0.2, 0.25) is 0 Å². The lowest BCUT2D eigenvalue weighted by Crippen LogP contribution is -2.51. The Labute approximate surface area is 157 Å². The second kappa shape index (κ2) is 8.86. The Morgan fingerprint density at radius 2 is 1.81 bits per heavy atom. The van der Waals surface area contributed by atoms with Crippen LogP contribution >= 0.6 is 0 Å². The third kappa shape index (κ3) is 6.05. The summed E-state index contributed by atoms with van der Waals surface area (Å²) in [6.45, 7) is 9.43. The molecule has 0 amide bonds. The number of nitrogens with zero attached hydrogens (tertiary/aromatic N) is 4. The third-order valence-electron chi connectivity index (χ3n) is 5.37. The molecule has 0 aliphatic carbocycles. The van der Waals surface area contributed by atoms with Gasteiger partial charge in [-0.15, -0.1) is 0 Å². The first-order valence-electron chi connectivity index (χ1n) is 9.18. The number of aliphatic carboxylic acids is 1. The number of alkyl halides is 3. The van der Waals surface area contributed by atoms with E-state index in [-0.39, 0.29) is 0 Å². The fourth-order valence-electron chi connectivity index (χ4n) is 3.78. The summed E-state index contributed by atoms with van der Waals surface area (Å²) >= 11 is 0. The van der Waals surface area contributed by atoms with Crippen LogP contribution in [0.15, 0.2) is 18.6 Å². The van der Waals surface area contributed by atoms with Crippen LogP contribution in [0.1, 0.15) is 39.5 Å². The van der Waals surface area contributed by atoms with Gasteiger partial charge >= 0.3 is 12.1 Å². The van der Waals surface area contributed by atoms with E-state index in [2.05, 4.69) is 33.6 Å². The smallest absolute Gasteiger partial charge is 0.475 e. The summed E-state index contributed by atoms with van der Waals surface area (Å²) in [5.41, 5.74) is 0.515. The van der Waals surface area contributed by atoms with Gasteiger partial charge in [-0.3, -0.25) is 4.98 Å². The van der Waals surface area contributed by atoms with E-state index in [9.17, 15) is 13.2 Å². The van der Waals surface area contributed by atoms with Crippen molar-refractivity contribution < 1.29 is 23.1 Å². The molecule has 2 saturated heterocycles. The summed E-state index contributed by atoms with van der Waals surface area (Å²) in [6.07, 6.45) is 5.72. The van der Waals surface area contributed by atoms with Crippen LogP contribution in [-0.4, -0.2) is 64.3 Å². The lowest BCUT2D eigenvalue weighted by molar-refractivity contribution is -0.192. The van der Waals surface area contributed by atoms with Crippen LogP contribution < -0.4 is 4.90 Å². The van der Waals surface area contributed by atoms with Crippen LogP contribution in [0.5, 0.6) is 0 Å². The SMILES string of the molecule is CC(C)N1CCC2(CCCN(c3cnccn3)C2)CC1.O=C(O)C(F)(F)F. The number of rotatable bonds is 2. The minimum absolute atomic E-state index is 0.515. The molecule has 2 fully saturated rings. The second-order valence-electron chi connectivity index (χ2n) is 7.52. The molecule has 1 aromatic heterocycles. The van der Waals surface area contributed by atoms with Crippen molar-refractivity contribution in [1.82, 2.24) is 14.9 Å². The van der Waals surface area contributed by atoms with E-state index in [1.54, 1.807) is 12.4 Å². The minimum Gasteiger partial charge on any atom is -0.475 e. The molecular formula is C18H27F3N4O2. The van der Waals surface area contributed by atoms with Crippen LogP contribution in [0.4, 0.5) is 19.0 Å². The maximum absolute atomic E-state index is 10.6. The van der Waals surface area contributed by atoms with Crippen molar-refractivity contribution >= 4 is 11.8 Å². The van der Waals surface area contributed by atoms with E-state index >= 15 is 0 Å². The van der Waals surface area contributed by atoms with Gasteiger partial charge in [0.25, 0.3) is 0 Å². The normalized spacial score (nSPS) is 20.3. The molecule has 0 radical (unpaired) electrons. The molecule has 2 aliphatic heterocycles. The molecule has 0 aromatic carbocycles. The Hall–Kier alpha value is -1.90. The van der Waals surface area contributed by atoms with E-state index in [0.29, 0.717) is 11.5 Å². The average molecular weight is 388 g/mol. The molecule has 1 aromatic rings. The number of carboxylic acid groups (broad SMARTS) is 1. The summed E-state index contributed by atoms with van der Waals surface area (Å²) in [4.78, 5) is 22.7. The lowest BCUT2D eigenvalue weighted by atomic mass is 9.72. The van der Waals surface area contributed by atoms with Crippen molar-refractivity contribution in [2.45, 2.75) is 51.7 Å². The topological polar surface area (TPSA) is 69.6 Å². The monoisotopic (exact) mass is 388 g/mol. The largest absolute Gasteiger partial charge is 0.490 e. The Morgan fingerprint density at radius 3 is 2.30 bits per heavy atom. The highest BCUT2D eigenvalue weighted by molar-refractivity contribution is 5.73. The predicted octanol–water partition coefficient (Wildman–Crippen LogP) is 3.20. The van der Waals surface area contributed by atoms with E-state index < -0.39 is 12.1 Å². The van der Waals surface area contributed by atoms with Gasteiger partial charge in [-0.25, -0.2) is 9.78 Å². The van der Waals surface area contributed by atoms with Crippen LogP contribution in [0, 0.1) is 5.41 Å². The minimum atomic E-state index is -5.08. The van der Waals surface area contributed by atoms with Crippen molar-refractivity contribution in [3.8, 4) is 0 Å². The third-order valence-corrected chi connectivity index (χ3v) is 5.37. The molecule has 6 nitrogen and oxygen atoms in total. The highest BCUT2D eigenvalue weighted by atomic mass is 19.4. The van der Waals surface area contributed by atoms with Crippen LogP contribution in [0.3, 0.4) is 0 Å². The van der Waals surface area contributed by atoms with Gasteiger partial charge in [0, 0.05) is 31.5 Å². The number of carbonyl (C=O) groups is 1. The Kier molecular flexibility index (Phi) is 7.02. The number of hydrogen-bond donors (Lipinski definition) is 1. The highest BCUT2D eigenvalue weighted by Crippen LogP contribution is 2.40. The van der Waals surface area contributed by atoms with Crippen LogP contribution in [-0.2, 0) is 4.79 Å². The molecule has 1 spiro atoms. The van der Waals surface area contributed by atoms with Crippen molar-refractivity contribution in [3.05, 3.63) is 18.6 Å². The fourth-order valence-corrected chi connectivity index (χ4v) is 3.78. The highest BCUT2D eigenvalue weighted by Gasteiger charge is 2.39. The van der Waals surface area contributed by atoms with Gasteiger partial charge in [0.15, 0.2) is 0 Å². The number of carboxylic acids is 1. The molecule has 0 bridgehead atoms. The van der Waals surface area contributed by atoms with Crippen molar-refractivity contribution in [2.24, 2.45) is 5.41 Å². The van der Waals surface area contributed by atoms with Gasteiger partial charge in [-0.05, 0) is 58.0 Å². The number of piperidine rings is 2. The average Bonchev–Trinajstić information content (AvgIpc) is 2.63. The van der Waals surface area contributed by atoms with E-state index in [1.165, 1.54) is 38.8 Å². The Bertz CT molecular complexity index is 602. The first kappa shape index (κ1) is 21.4. The lowest BCUT2D eigenvalue weighted by Gasteiger charge is -2.48. The molecule has 2 aliphatic rings. The van der Waals surface area contributed by atoms with Gasteiger partial charge in [0.1, 0.15) is 5.82 Å². The first-order chi connectivity index (χ1) is 12.6. The summed E-state index contributed by atoms with van der Waals surface area (Å²) in [5.74, 6) is -1.70. The molecule has 0 unspecified atom stereocenters.